The Labute approximate surface area is 186 Å². The van der Waals surface area contributed by atoms with Crippen molar-refractivity contribution in [1.29, 1.82) is 0 Å². The molecule has 2 amide bonds. The van der Waals surface area contributed by atoms with Crippen molar-refractivity contribution in [2.24, 2.45) is 0 Å². The van der Waals surface area contributed by atoms with Crippen LogP contribution in [0, 0.1) is 0 Å². The third-order valence-electron chi connectivity index (χ3n) is 5.93. The molecule has 0 saturated heterocycles. The number of rotatable bonds is 4. The van der Waals surface area contributed by atoms with Gasteiger partial charge in [0.05, 0.1) is 0 Å². The Kier molecular flexibility index (Phi) is 5.23. The van der Waals surface area contributed by atoms with Gasteiger partial charge in [-0.05, 0) is 35.0 Å². The van der Waals surface area contributed by atoms with Gasteiger partial charge in [-0.15, -0.1) is 0 Å². The molecule has 1 aromatic heterocycles. The molecule has 32 heavy (non-hydrogen) atoms. The van der Waals surface area contributed by atoms with Crippen LogP contribution in [0.15, 0.2) is 77.2 Å². The van der Waals surface area contributed by atoms with E-state index in [1.807, 2.05) is 84.6 Å². The summed E-state index contributed by atoms with van der Waals surface area (Å²) in [4.78, 5) is 26.9. The van der Waals surface area contributed by atoms with E-state index >= 15 is 0 Å². The van der Waals surface area contributed by atoms with Crippen molar-refractivity contribution in [1.82, 2.24) is 4.90 Å². The average Bonchev–Trinajstić information content (AvgIpc) is 3.27. The predicted octanol–water partition coefficient (Wildman–Crippen LogP) is 5.65. The minimum atomic E-state index is -0.0246. The summed E-state index contributed by atoms with van der Waals surface area (Å²) in [6.45, 7) is 2.97. The van der Waals surface area contributed by atoms with Crippen LogP contribution in [0.5, 0.6) is 0 Å². The van der Waals surface area contributed by atoms with Crippen molar-refractivity contribution in [2.45, 2.75) is 26.3 Å². The minimum Gasteiger partial charge on any atom is -0.461 e. The molecule has 160 valence electrons. The van der Waals surface area contributed by atoms with Crippen LogP contribution >= 0.6 is 0 Å². The molecule has 0 aliphatic carbocycles. The SMILES string of the molecule is CCC(=O)Nc1cccc(-c2cc3c(o2)CCN(C(=O)c2cccc4ccccc24)C3)c1. The van der Waals surface area contributed by atoms with Gasteiger partial charge in [0, 0.05) is 48.3 Å². The van der Waals surface area contributed by atoms with Gasteiger partial charge in [-0.25, -0.2) is 0 Å². The van der Waals surface area contributed by atoms with Crippen molar-refractivity contribution < 1.29 is 14.0 Å². The zero-order chi connectivity index (χ0) is 22.1. The smallest absolute Gasteiger partial charge is 0.254 e. The summed E-state index contributed by atoms with van der Waals surface area (Å²) < 4.78 is 6.13. The number of carbonyl (C=O) groups excluding carboxylic acids is 2. The molecule has 2 heterocycles. The third kappa shape index (κ3) is 3.78. The summed E-state index contributed by atoms with van der Waals surface area (Å²) in [5, 5.41) is 4.93. The number of nitrogens with one attached hydrogen (secondary N) is 1. The lowest BCUT2D eigenvalue weighted by molar-refractivity contribution is -0.115. The highest BCUT2D eigenvalue weighted by Gasteiger charge is 2.26. The lowest BCUT2D eigenvalue weighted by Gasteiger charge is -2.26. The van der Waals surface area contributed by atoms with Crippen LogP contribution in [-0.2, 0) is 17.8 Å². The first-order chi connectivity index (χ1) is 15.6. The Hall–Kier alpha value is -3.86. The van der Waals surface area contributed by atoms with E-state index in [1.165, 1.54) is 0 Å². The number of fused-ring (bicyclic) bond motifs is 2. The van der Waals surface area contributed by atoms with Gasteiger partial charge < -0.3 is 14.6 Å². The van der Waals surface area contributed by atoms with Crippen LogP contribution in [0.4, 0.5) is 5.69 Å². The zero-order valence-corrected chi connectivity index (χ0v) is 17.9. The summed E-state index contributed by atoms with van der Waals surface area (Å²) >= 11 is 0. The molecule has 1 aliphatic heterocycles. The Morgan fingerprint density at radius 1 is 1.00 bits per heavy atom. The summed E-state index contributed by atoms with van der Waals surface area (Å²) in [6.07, 6.45) is 1.11. The van der Waals surface area contributed by atoms with E-state index < -0.39 is 0 Å². The highest BCUT2D eigenvalue weighted by atomic mass is 16.3. The quantitative estimate of drug-likeness (QED) is 0.461. The van der Waals surface area contributed by atoms with Gasteiger partial charge in [-0.2, -0.15) is 0 Å². The van der Waals surface area contributed by atoms with E-state index in [1.54, 1.807) is 0 Å². The highest BCUT2D eigenvalue weighted by molar-refractivity contribution is 6.07. The topological polar surface area (TPSA) is 62.6 Å². The molecule has 5 rings (SSSR count). The summed E-state index contributed by atoms with van der Waals surface area (Å²) in [5.41, 5.74) is 3.41. The molecule has 5 heteroatoms. The van der Waals surface area contributed by atoms with Crippen molar-refractivity contribution in [3.8, 4) is 11.3 Å². The highest BCUT2D eigenvalue weighted by Crippen LogP contribution is 2.32. The first-order valence-electron chi connectivity index (χ1n) is 10.9. The number of furan rings is 1. The van der Waals surface area contributed by atoms with E-state index in [-0.39, 0.29) is 11.8 Å². The molecule has 0 saturated carbocycles. The van der Waals surface area contributed by atoms with Crippen LogP contribution in [0.3, 0.4) is 0 Å². The molecular weight excluding hydrogens is 400 g/mol. The van der Waals surface area contributed by atoms with Crippen LogP contribution in [0.1, 0.15) is 35.0 Å². The Morgan fingerprint density at radius 2 is 1.81 bits per heavy atom. The first-order valence-corrected chi connectivity index (χ1v) is 10.9. The van der Waals surface area contributed by atoms with Gasteiger partial charge in [0.25, 0.3) is 5.91 Å². The monoisotopic (exact) mass is 424 g/mol. The lowest BCUT2D eigenvalue weighted by Crippen LogP contribution is -2.35. The van der Waals surface area contributed by atoms with Crippen LogP contribution < -0.4 is 5.32 Å². The molecule has 0 radical (unpaired) electrons. The average molecular weight is 425 g/mol. The fourth-order valence-corrected chi connectivity index (χ4v) is 4.23. The van der Waals surface area contributed by atoms with Gasteiger partial charge in [-0.1, -0.05) is 55.5 Å². The summed E-state index contributed by atoms with van der Waals surface area (Å²) in [6, 6.07) is 23.5. The molecule has 1 aliphatic rings. The number of amides is 2. The molecular formula is C27H24N2O3. The minimum absolute atomic E-state index is 0.0246. The van der Waals surface area contributed by atoms with E-state index in [2.05, 4.69) is 5.32 Å². The molecule has 0 unspecified atom stereocenters. The maximum absolute atomic E-state index is 13.3. The molecule has 5 nitrogen and oxygen atoms in total. The molecule has 0 spiro atoms. The number of benzene rings is 3. The van der Waals surface area contributed by atoms with Crippen molar-refractivity contribution >= 4 is 28.3 Å². The van der Waals surface area contributed by atoms with E-state index in [9.17, 15) is 9.59 Å². The van der Waals surface area contributed by atoms with Gasteiger partial charge >= 0.3 is 0 Å². The Bertz CT molecular complexity index is 1320. The second-order valence-electron chi connectivity index (χ2n) is 8.05. The Balaban J connectivity index is 1.39. The standard InChI is InChI=1S/C27H24N2O3/c1-2-26(30)28-21-10-5-9-19(15-21)25-16-20-17-29(14-13-24(20)32-25)27(31)23-12-6-8-18-7-3-4-11-22(18)23/h3-12,15-16H,2,13-14,17H2,1H3,(H,28,30). The zero-order valence-electron chi connectivity index (χ0n) is 17.9. The molecule has 0 fully saturated rings. The number of anilines is 1. The molecule has 0 bridgehead atoms. The summed E-state index contributed by atoms with van der Waals surface area (Å²) in [7, 11) is 0. The second kappa shape index (κ2) is 8.35. The van der Waals surface area contributed by atoms with Crippen molar-refractivity contribution in [3.05, 3.63) is 89.7 Å². The van der Waals surface area contributed by atoms with Gasteiger partial charge in [0.1, 0.15) is 11.5 Å². The predicted molar refractivity (Wildman–Crippen MR) is 125 cm³/mol. The number of hydrogen-bond donors (Lipinski definition) is 1. The maximum atomic E-state index is 13.3. The van der Waals surface area contributed by atoms with E-state index in [0.717, 1.165) is 44.7 Å². The van der Waals surface area contributed by atoms with Crippen LogP contribution in [0.25, 0.3) is 22.1 Å². The molecule has 4 aromatic rings. The molecule has 0 atom stereocenters. The number of nitrogens with zero attached hydrogens (tertiary/aromatic N) is 1. The van der Waals surface area contributed by atoms with Gasteiger partial charge in [0.2, 0.25) is 5.91 Å². The first kappa shape index (κ1) is 20.1. The third-order valence-corrected chi connectivity index (χ3v) is 5.93. The fraction of sp³-hybridized carbons (Fsp3) is 0.185. The van der Waals surface area contributed by atoms with E-state index in [0.29, 0.717) is 25.9 Å². The van der Waals surface area contributed by atoms with Crippen molar-refractivity contribution in [3.63, 3.8) is 0 Å². The fourth-order valence-electron chi connectivity index (χ4n) is 4.23. The number of carbonyl (C=O) groups is 2. The van der Waals surface area contributed by atoms with Gasteiger partial charge in [-0.3, -0.25) is 9.59 Å². The van der Waals surface area contributed by atoms with Gasteiger partial charge in [0.15, 0.2) is 0 Å². The largest absolute Gasteiger partial charge is 0.461 e. The Morgan fingerprint density at radius 3 is 2.69 bits per heavy atom. The van der Waals surface area contributed by atoms with Crippen molar-refractivity contribution in [2.75, 3.05) is 11.9 Å². The molecule has 3 aromatic carbocycles. The summed E-state index contributed by atoms with van der Waals surface area (Å²) in [5.74, 6) is 1.69. The lowest BCUT2D eigenvalue weighted by atomic mass is 10.0. The van der Waals surface area contributed by atoms with E-state index in [4.69, 9.17) is 4.42 Å². The van der Waals surface area contributed by atoms with Crippen LogP contribution in [-0.4, -0.2) is 23.3 Å². The van der Waals surface area contributed by atoms with Crippen LogP contribution in [0.2, 0.25) is 0 Å². The maximum Gasteiger partial charge on any atom is 0.254 e. The molecule has 1 N–H and O–H groups in total. The normalized spacial score (nSPS) is 13.1. The number of hydrogen-bond acceptors (Lipinski definition) is 3. The second-order valence-corrected chi connectivity index (χ2v) is 8.05.